The van der Waals surface area contributed by atoms with Crippen LogP contribution in [0.2, 0.25) is 0 Å². The fraction of sp³-hybridized carbons (Fsp3) is 0.316. The van der Waals surface area contributed by atoms with Gasteiger partial charge in [0.1, 0.15) is 5.82 Å². The van der Waals surface area contributed by atoms with E-state index in [9.17, 15) is 9.18 Å². The van der Waals surface area contributed by atoms with Crippen molar-refractivity contribution in [3.8, 4) is 11.4 Å². The van der Waals surface area contributed by atoms with Gasteiger partial charge in [0.15, 0.2) is 11.0 Å². The van der Waals surface area contributed by atoms with Crippen molar-refractivity contribution in [3.63, 3.8) is 0 Å². The van der Waals surface area contributed by atoms with Gasteiger partial charge in [-0.15, -0.1) is 21.5 Å². The van der Waals surface area contributed by atoms with Crippen LogP contribution in [0.3, 0.4) is 0 Å². The summed E-state index contributed by atoms with van der Waals surface area (Å²) < 4.78 is 15.8. The highest BCUT2D eigenvalue weighted by molar-refractivity contribution is 8.00. The summed E-state index contributed by atoms with van der Waals surface area (Å²) in [4.78, 5) is 16.1. The Labute approximate surface area is 165 Å². The van der Waals surface area contributed by atoms with E-state index in [1.54, 1.807) is 41.2 Å². The van der Waals surface area contributed by atoms with E-state index in [1.165, 1.54) is 28.3 Å². The molecule has 0 saturated heterocycles. The van der Waals surface area contributed by atoms with Crippen molar-refractivity contribution in [2.45, 2.75) is 30.3 Å². The number of carbonyl (C=O) groups is 1. The van der Waals surface area contributed by atoms with Crippen molar-refractivity contribution in [3.05, 3.63) is 52.0 Å². The van der Waals surface area contributed by atoms with Gasteiger partial charge in [-0.2, -0.15) is 0 Å². The van der Waals surface area contributed by atoms with Gasteiger partial charge in [0.2, 0.25) is 5.91 Å². The molecule has 1 aliphatic heterocycles. The van der Waals surface area contributed by atoms with Gasteiger partial charge in [-0.1, -0.05) is 23.9 Å². The summed E-state index contributed by atoms with van der Waals surface area (Å²) in [6.45, 7) is 3.30. The van der Waals surface area contributed by atoms with Gasteiger partial charge in [0.25, 0.3) is 0 Å². The Hall–Kier alpha value is -2.19. The molecular formula is C19H19FN4OS2. The minimum atomic E-state index is -0.339. The third kappa shape index (κ3) is 3.51. The molecule has 3 aromatic rings. The summed E-state index contributed by atoms with van der Waals surface area (Å²) in [7, 11) is 1.79. The summed E-state index contributed by atoms with van der Waals surface area (Å²) in [5, 5.41) is 10.7. The maximum atomic E-state index is 14.0. The van der Waals surface area contributed by atoms with Gasteiger partial charge < -0.3 is 9.47 Å². The molecule has 1 atom stereocenters. The van der Waals surface area contributed by atoms with E-state index in [4.69, 9.17) is 0 Å². The highest BCUT2D eigenvalue weighted by Crippen LogP contribution is 2.29. The molecule has 0 saturated carbocycles. The van der Waals surface area contributed by atoms with Crippen molar-refractivity contribution >= 4 is 29.0 Å². The van der Waals surface area contributed by atoms with Crippen LogP contribution in [-0.4, -0.2) is 37.4 Å². The third-order valence-electron chi connectivity index (χ3n) is 4.70. The van der Waals surface area contributed by atoms with Gasteiger partial charge in [0, 0.05) is 25.0 Å². The molecule has 8 heteroatoms. The van der Waals surface area contributed by atoms with Crippen LogP contribution in [0.15, 0.2) is 40.9 Å². The minimum Gasteiger partial charge on any atom is -0.337 e. The molecule has 3 heterocycles. The predicted molar refractivity (Wildman–Crippen MR) is 105 cm³/mol. The molecular weight excluding hydrogens is 383 g/mol. The van der Waals surface area contributed by atoms with Crippen molar-refractivity contribution in [1.29, 1.82) is 0 Å². The highest BCUT2D eigenvalue weighted by atomic mass is 32.2. The van der Waals surface area contributed by atoms with Crippen LogP contribution in [0.4, 0.5) is 4.39 Å². The number of carbonyl (C=O) groups excluding carboxylic acids is 1. The van der Waals surface area contributed by atoms with Crippen LogP contribution in [0.1, 0.15) is 17.4 Å². The van der Waals surface area contributed by atoms with E-state index in [0.29, 0.717) is 23.1 Å². The third-order valence-corrected chi connectivity index (χ3v) is 6.84. The van der Waals surface area contributed by atoms with Gasteiger partial charge in [-0.05, 0) is 42.5 Å². The maximum Gasteiger partial charge on any atom is 0.236 e. The number of nitrogens with zero attached hydrogens (tertiary/aromatic N) is 4. The molecule has 140 valence electrons. The molecule has 1 aromatic carbocycles. The standard InChI is InChI=1S/C19H19FN4OS2/c1-12(18(25)24-9-7-16-13(11-24)8-10-26-16)27-19-22-21-17(23(19)2)14-5-3-4-6-15(14)20/h3-6,8,10,12H,7,9,11H2,1-2H3. The Bertz CT molecular complexity index is 984. The van der Waals surface area contributed by atoms with Crippen LogP contribution in [-0.2, 0) is 24.8 Å². The highest BCUT2D eigenvalue weighted by Gasteiger charge is 2.27. The van der Waals surface area contributed by atoms with Crippen LogP contribution in [0.25, 0.3) is 11.4 Å². The van der Waals surface area contributed by atoms with E-state index in [1.807, 2.05) is 11.8 Å². The monoisotopic (exact) mass is 402 g/mol. The fourth-order valence-electron chi connectivity index (χ4n) is 3.20. The first-order valence-corrected chi connectivity index (χ1v) is 10.5. The van der Waals surface area contributed by atoms with E-state index in [0.717, 1.165) is 13.0 Å². The van der Waals surface area contributed by atoms with Crippen molar-refractivity contribution in [1.82, 2.24) is 19.7 Å². The molecule has 27 heavy (non-hydrogen) atoms. The first-order valence-electron chi connectivity index (χ1n) is 8.69. The van der Waals surface area contributed by atoms with Crippen LogP contribution in [0, 0.1) is 5.82 Å². The van der Waals surface area contributed by atoms with Crippen LogP contribution < -0.4 is 0 Å². The Balaban J connectivity index is 1.48. The van der Waals surface area contributed by atoms with Crippen LogP contribution in [0.5, 0.6) is 0 Å². The molecule has 1 amide bonds. The van der Waals surface area contributed by atoms with E-state index < -0.39 is 0 Å². The molecule has 1 unspecified atom stereocenters. The zero-order chi connectivity index (χ0) is 19.0. The molecule has 1 aliphatic rings. The summed E-state index contributed by atoms with van der Waals surface area (Å²) in [5.74, 6) is 0.206. The Morgan fingerprint density at radius 3 is 2.93 bits per heavy atom. The molecule has 4 rings (SSSR count). The average molecular weight is 403 g/mol. The maximum absolute atomic E-state index is 14.0. The number of rotatable bonds is 4. The van der Waals surface area contributed by atoms with Gasteiger partial charge in [-0.3, -0.25) is 4.79 Å². The van der Waals surface area contributed by atoms with Gasteiger partial charge >= 0.3 is 0 Å². The predicted octanol–water partition coefficient (Wildman–Crippen LogP) is 3.75. The lowest BCUT2D eigenvalue weighted by Gasteiger charge is -2.29. The number of amides is 1. The second kappa shape index (κ2) is 7.44. The molecule has 0 radical (unpaired) electrons. The molecule has 0 fully saturated rings. The summed E-state index contributed by atoms with van der Waals surface area (Å²) in [6, 6.07) is 8.58. The molecule has 2 aromatic heterocycles. The van der Waals surface area contributed by atoms with Crippen molar-refractivity contribution in [2.75, 3.05) is 6.54 Å². The van der Waals surface area contributed by atoms with E-state index in [-0.39, 0.29) is 17.0 Å². The molecule has 0 bridgehead atoms. The SMILES string of the molecule is CC(Sc1nnc(-c2ccccc2F)n1C)C(=O)N1CCc2sccc2C1. The normalized spacial score (nSPS) is 14.9. The Morgan fingerprint density at radius 1 is 1.30 bits per heavy atom. The smallest absolute Gasteiger partial charge is 0.236 e. The second-order valence-corrected chi connectivity index (χ2v) is 8.79. The van der Waals surface area contributed by atoms with Crippen LogP contribution >= 0.6 is 23.1 Å². The van der Waals surface area contributed by atoms with Gasteiger partial charge in [0.05, 0.1) is 10.8 Å². The first kappa shape index (κ1) is 18.2. The second-order valence-electron chi connectivity index (χ2n) is 6.48. The lowest BCUT2D eigenvalue weighted by molar-refractivity contribution is -0.131. The molecule has 0 aliphatic carbocycles. The number of aromatic nitrogens is 3. The van der Waals surface area contributed by atoms with Crippen molar-refractivity contribution < 1.29 is 9.18 Å². The zero-order valence-corrected chi connectivity index (χ0v) is 16.7. The number of halogens is 1. The summed E-state index contributed by atoms with van der Waals surface area (Å²) >= 11 is 3.11. The Morgan fingerprint density at radius 2 is 2.11 bits per heavy atom. The van der Waals surface area contributed by atoms with Crippen molar-refractivity contribution in [2.24, 2.45) is 7.05 Å². The largest absolute Gasteiger partial charge is 0.337 e. The molecule has 0 N–H and O–H groups in total. The number of thioether (sulfide) groups is 1. The molecule has 5 nitrogen and oxygen atoms in total. The summed E-state index contributed by atoms with van der Waals surface area (Å²) in [6.07, 6.45) is 0.914. The summed E-state index contributed by atoms with van der Waals surface area (Å²) in [5.41, 5.74) is 1.65. The zero-order valence-electron chi connectivity index (χ0n) is 15.1. The lowest BCUT2D eigenvalue weighted by atomic mass is 10.1. The fourth-order valence-corrected chi connectivity index (χ4v) is 4.99. The lowest BCUT2D eigenvalue weighted by Crippen LogP contribution is -2.39. The quantitative estimate of drug-likeness (QED) is 0.624. The van der Waals surface area contributed by atoms with Gasteiger partial charge in [-0.25, -0.2) is 4.39 Å². The Kier molecular flexibility index (Phi) is 5.01. The number of fused-ring (bicyclic) bond motifs is 1. The number of hydrogen-bond acceptors (Lipinski definition) is 5. The number of benzene rings is 1. The molecule has 0 spiro atoms. The number of hydrogen-bond donors (Lipinski definition) is 0. The minimum absolute atomic E-state index is 0.0901. The van der Waals surface area contributed by atoms with E-state index >= 15 is 0 Å². The average Bonchev–Trinajstić information content (AvgIpc) is 3.28. The topological polar surface area (TPSA) is 51.0 Å². The van der Waals surface area contributed by atoms with E-state index in [2.05, 4.69) is 21.6 Å². The number of thiophene rings is 1. The first-order chi connectivity index (χ1) is 13.0.